The number of benzene rings is 1. The van der Waals surface area contributed by atoms with Crippen molar-refractivity contribution in [3.05, 3.63) is 56.5 Å². The molecule has 136 valence electrons. The van der Waals surface area contributed by atoms with Gasteiger partial charge in [0, 0.05) is 31.2 Å². The van der Waals surface area contributed by atoms with E-state index in [0.29, 0.717) is 37.1 Å². The van der Waals surface area contributed by atoms with Crippen LogP contribution in [0.3, 0.4) is 0 Å². The van der Waals surface area contributed by atoms with E-state index < -0.39 is 5.82 Å². The second kappa shape index (κ2) is 7.00. The number of thiophene rings is 1. The van der Waals surface area contributed by atoms with Gasteiger partial charge in [0.1, 0.15) is 5.82 Å². The Labute approximate surface area is 160 Å². The molecule has 2 aliphatic rings. The first kappa shape index (κ1) is 17.5. The third-order valence-electron chi connectivity index (χ3n) is 4.92. The summed E-state index contributed by atoms with van der Waals surface area (Å²) in [6.07, 6.45) is 2.31. The van der Waals surface area contributed by atoms with E-state index in [1.165, 1.54) is 35.1 Å². The summed E-state index contributed by atoms with van der Waals surface area (Å²) < 4.78 is 13.9. The molecule has 2 fully saturated rings. The van der Waals surface area contributed by atoms with Crippen LogP contribution in [0.5, 0.6) is 0 Å². The van der Waals surface area contributed by atoms with Gasteiger partial charge in [-0.25, -0.2) is 4.39 Å². The number of halogens is 2. The maximum atomic E-state index is 13.9. The lowest BCUT2D eigenvalue weighted by atomic mass is 10.1. The van der Waals surface area contributed by atoms with Gasteiger partial charge in [-0.2, -0.15) is 0 Å². The number of amides is 2. The standard InChI is InChI=1S/C19H18ClFN2O2S/c20-13-3-4-16(21)15(11-13)18(24)22-6-8-23(9-7-22)19(25)17-14(5-10-26-17)12-1-2-12/h3-5,10-12H,1-2,6-9H2. The van der Waals surface area contributed by atoms with Crippen LogP contribution >= 0.6 is 22.9 Å². The lowest BCUT2D eigenvalue weighted by Gasteiger charge is -2.34. The Morgan fingerprint density at radius 3 is 2.35 bits per heavy atom. The van der Waals surface area contributed by atoms with Gasteiger partial charge >= 0.3 is 0 Å². The van der Waals surface area contributed by atoms with Gasteiger partial charge in [0.2, 0.25) is 0 Å². The molecule has 1 saturated carbocycles. The average molecular weight is 393 g/mol. The fraction of sp³-hybridized carbons (Fsp3) is 0.368. The van der Waals surface area contributed by atoms with Gasteiger partial charge in [0.05, 0.1) is 10.4 Å². The molecule has 4 rings (SSSR count). The van der Waals surface area contributed by atoms with Crippen molar-refractivity contribution in [1.29, 1.82) is 0 Å². The molecule has 0 spiro atoms. The Morgan fingerprint density at radius 2 is 1.69 bits per heavy atom. The van der Waals surface area contributed by atoms with Crippen LogP contribution in [-0.4, -0.2) is 47.8 Å². The molecule has 2 amide bonds. The summed E-state index contributed by atoms with van der Waals surface area (Å²) in [4.78, 5) is 29.6. The second-order valence-corrected chi connectivity index (χ2v) is 8.04. The van der Waals surface area contributed by atoms with Crippen LogP contribution in [0.4, 0.5) is 4.39 Å². The summed E-state index contributed by atoms with van der Waals surface area (Å²) in [5.41, 5.74) is 1.14. The summed E-state index contributed by atoms with van der Waals surface area (Å²) >= 11 is 7.37. The van der Waals surface area contributed by atoms with E-state index in [9.17, 15) is 14.0 Å². The van der Waals surface area contributed by atoms with E-state index >= 15 is 0 Å². The summed E-state index contributed by atoms with van der Waals surface area (Å²) in [6, 6.07) is 6.02. The molecule has 0 N–H and O–H groups in total. The Hall–Kier alpha value is -1.92. The molecule has 2 aromatic rings. The van der Waals surface area contributed by atoms with Crippen LogP contribution in [-0.2, 0) is 0 Å². The van der Waals surface area contributed by atoms with Crippen LogP contribution < -0.4 is 0 Å². The Bertz CT molecular complexity index is 857. The first-order valence-electron chi connectivity index (χ1n) is 8.65. The monoisotopic (exact) mass is 392 g/mol. The van der Waals surface area contributed by atoms with E-state index in [1.54, 1.807) is 9.80 Å². The predicted molar refractivity (Wildman–Crippen MR) is 99.5 cm³/mol. The van der Waals surface area contributed by atoms with Gasteiger partial charge in [-0.05, 0) is 54.0 Å². The summed E-state index contributed by atoms with van der Waals surface area (Å²) in [7, 11) is 0. The number of carbonyl (C=O) groups is 2. The highest BCUT2D eigenvalue weighted by Crippen LogP contribution is 2.43. The molecule has 1 aliphatic carbocycles. The molecule has 0 bridgehead atoms. The van der Waals surface area contributed by atoms with Crippen LogP contribution in [0.15, 0.2) is 29.6 Å². The lowest BCUT2D eigenvalue weighted by Crippen LogP contribution is -2.50. The second-order valence-electron chi connectivity index (χ2n) is 6.69. The first-order valence-corrected chi connectivity index (χ1v) is 9.91. The molecule has 2 heterocycles. The highest BCUT2D eigenvalue weighted by Gasteiger charge is 2.32. The number of nitrogens with zero attached hydrogens (tertiary/aromatic N) is 2. The van der Waals surface area contributed by atoms with E-state index in [-0.39, 0.29) is 17.4 Å². The van der Waals surface area contributed by atoms with Gasteiger partial charge < -0.3 is 9.80 Å². The SMILES string of the molecule is O=C(c1cc(Cl)ccc1F)N1CCN(C(=O)c2sccc2C2CC2)CC1. The summed E-state index contributed by atoms with van der Waals surface area (Å²) in [5, 5.41) is 2.30. The van der Waals surface area contributed by atoms with Crippen molar-refractivity contribution in [2.45, 2.75) is 18.8 Å². The Balaban J connectivity index is 1.42. The third-order valence-corrected chi connectivity index (χ3v) is 6.07. The maximum absolute atomic E-state index is 13.9. The zero-order valence-electron chi connectivity index (χ0n) is 14.1. The molecule has 1 aliphatic heterocycles. The highest BCUT2D eigenvalue weighted by atomic mass is 35.5. The van der Waals surface area contributed by atoms with Gasteiger partial charge in [0.25, 0.3) is 11.8 Å². The molecule has 26 heavy (non-hydrogen) atoms. The third kappa shape index (κ3) is 3.35. The molecule has 0 atom stereocenters. The molecular formula is C19H18ClFN2O2S. The van der Waals surface area contributed by atoms with Gasteiger partial charge in [-0.15, -0.1) is 11.3 Å². The van der Waals surface area contributed by atoms with Crippen molar-refractivity contribution in [3.63, 3.8) is 0 Å². The van der Waals surface area contributed by atoms with Crippen molar-refractivity contribution in [2.24, 2.45) is 0 Å². The minimum atomic E-state index is -0.578. The zero-order valence-corrected chi connectivity index (χ0v) is 15.7. The molecule has 1 saturated heterocycles. The Kier molecular flexibility index (Phi) is 4.71. The molecule has 7 heteroatoms. The van der Waals surface area contributed by atoms with Crippen molar-refractivity contribution in [2.75, 3.05) is 26.2 Å². The van der Waals surface area contributed by atoms with Crippen molar-refractivity contribution in [1.82, 2.24) is 9.80 Å². The summed E-state index contributed by atoms with van der Waals surface area (Å²) in [6.45, 7) is 1.69. The van der Waals surface area contributed by atoms with Gasteiger partial charge in [-0.1, -0.05) is 11.6 Å². The van der Waals surface area contributed by atoms with Crippen LogP contribution in [0, 0.1) is 5.82 Å². The molecule has 1 aromatic carbocycles. The quantitative estimate of drug-likeness (QED) is 0.791. The van der Waals surface area contributed by atoms with E-state index in [4.69, 9.17) is 11.6 Å². The fourth-order valence-electron chi connectivity index (χ4n) is 3.30. The maximum Gasteiger partial charge on any atom is 0.264 e. The smallest absolute Gasteiger partial charge is 0.264 e. The minimum absolute atomic E-state index is 0.0217. The van der Waals surface area contributed by atoms with E-state index in [0.717, 1.165) is 17.7 Å². The number of hydrogen-bond acceptors (Lipinski definition) is 3. The average Bonchev–Trinajstić information content (AvgIpc) is 3.39. The molecule has 0 radical (unpaired) electrons. The number of piperazine rings is 1. The van der Waals surface area contributed by atoms with Crippen LogP contribution in [0.25, 0.3) is 0 Å². The van der Waals surface area contributed by atoms with Crippen LogP contribution in [0.1, 0.15) is 44.4 Å². The zero-order chi connectivity index (χ0) is 18.3. The topological polar surface area (TPSA) is 40.6 Å². The normalized spacial score (nSPS) is 17.5. The molecular weight excluding hydrogens is 375 g/mol. The Morgan fingerprint density at radius 1 is 1.04 bits per heavy atom. The van der Waals surface area contributed by atoms with Crippen molar-refractivity contribution in [3.8, 4) is 0 Å². The lowest BCUT2D eigenvalue weighted by molar-refractivity contribution is 0.0535. The number of rotatable bonds is 3. The van der Waals surface area contributed by atoms with Gasteiger partial charge in [0.15, 0.2) is 0 Å². The number of hydrogen-bond donors (Lipinski definition) is 0. The fourth-order valence-corrected chi connectivity index (χ4v) is 4.42. The van der Waals surface area contributed by atoms with Crippen molar-refractivity contribution < 1.29 is 14.0 Å². The van der Waals surface area contributed by atoms with E-state index in [1.807, 2.05) is 5.38 Å². The summed E-state index contributed by atoms with van der Waals surface area (Å²) in [5.74, 6) is -0.380. The van der Waals surface area contributed by atoms with E-state index in [2.05, 4.69) is 6.07 Å². The number of carbonyl (C=O) groups excluding carboxylic acids is 2. The predicted octanol–water partition coefficient (Wildman–Crippen LogP) is 4.02. The molecule has 4 nitrogen and oxygen atoms in total. The first-order chi connectivity index (χ1) is 12.5. The molecule has 0 unspecified atom stereocenters. The van der Waals surface area contributed by atoms with Crippen molar-refractivity contribution >= 4 is 34.8 Å². The largest absolute Gasteiger partial charge is 0.335 e. The molecule has 1 aromatic heterocycles. The van der Waals surface area contributed by atoms with Crippen LogP contribution in [0.2, 0.25) is 5.02 Å². The highest BCUT2D eigenvalue weighted by molar-refractivity contribution is 7.12. The van der Waals surface area contributed by atoms with Gasteiger partial charge in [-0.3, -0.25) is 9.59 Å². The minimum Gasteiger partial charge on any atom is -0.335 e.